The molecule has 0 fully saturated rings. The highest BCUT2D eigenvalue weighted by atomic mass is 35.5. The van der Waals surface area contributed by atoms with Crippen LogP contribution >= 0.6 is 23.2 Å². The average molecular weight is 460 g/mol. The van der Waals surface area contributed by atoms with E-state index in [1.165, 1.54) is 0 Å². The quantitative estimate of drug-likeness (QED) is 0.445. The van der Waals surface area contributed by atoms with Crippen LogP contribution in [0.2, 0.25) is 10.0 Å². The van der Waals surface area contributed by atoms with Crippen LogP contribution in [0.1, 0.15) is 31.7 Å². The molecular formula is C23H23Cl2N3O3. The van der Waals surface area contributed by atoms with Crippen molar-refractivity contribution in [3.8, 4) is 11.3 Å². The van der Waals surface area contributed by atoms with Crippen molar-refractivity contribution in [2.24, 2.45) is 5.92 Å². The lowest BCUT2D eigenvalue weighted by Gasteiger charge is -2.12. The third-order valence-corrected chi connectivity index (χ3v) is 5.17. The lowest BCUT2D eigenvalue weighted by molar-refractivity contribution is -0.119. The fraction of sp³-hybridized carbons (Fsp3) is 0.261. The Bertz CT molecular complexity index is 1110. The summed E-state index contributed by atoms with van der Waals surface area (Å²) in [5, 5.41) is 6.71. The first-order chi connectivity index (χ1) is 14.7. The molecule has 0 bridgehead atoms. The first kappa shape index (κ1) is 22.8. The molecule has 0 unspecified atom stereocenters. The molecule has 1 aromatic heterocycles. The second-order valence-electron chi connectivity index (χ2n) is 7.46. The Balaban J connectivity index is 1.61. The highest BCUT2D eigenvalue weighted by molar-refractivity contribution is 6.36. The Morgan fingerprint density at radius 2 is 1.87 bits per heavy atom. The number of halogens is 2. The number of hydrogen-bond donors (Lipinski definition) is 2. The van der Waals surface area contributed by atoms with E-state index in [1.807, 2.05) is 32.9 Å². The number of oxazole rings is 1. The van der Waals surface area contributed by atoms with Crippen molar-refractivity contribution in [3.63, 3.8) is 0 Å². The van der Waals surface area contributed by atoms with Crippen LogP contribution in [0.25, 0.3) is 11.3 Å². The third-order valence-electron chi connectivity index (χ3n) is 4.62. The number of carbonyl (C=O) groups is 2. The Labute approximate surface area is 191 Å². The van der Waals surface area contributed by atoms with E-state index < -0.39 is 0 Å². The van der Waals surface area contributed by atoms with Gasteiger partial charge in [-0.3, -0.25) is 9.59 Å². The standard InChI is InChI=1S/C23H23Cl2N3O3/c1-13(2)23(30)27-16-6-4-14(3)19(11-16)28-21(29)8-9-22-26-12-20(31-22)17-7-5-15(24)10-18(17)25/h4-7,10-13H,8-9H2,1-3H3,(H,27,30)(H,28,29). The number of nitrogens with one attached hydrogen (secondary N) is 2. The van der Waals surface area contributed by atoms with Crippen molar-refractivity contribution in [3.05, 3.63) is 64.1 Å². The molecule has 8 heteroatoms. The first-order valence-corrected chi connectivity index (χ1v) is 10.6. The molecule has 0 radical (unpaired) electrons. The zero-order valence-electron chi connectivity index (χ0n) is 17.5. The predicted molar refractivity (Wildman–Crippen MR) is 124 cm³/mol. The number of carbonyl (C=O) groups excluding carboxylic acids is 2. The van der Waals surface area contributed by atoms with Crippen molar-refractivity contribution in [2.75, 3.05) is 10.6 Å². The van der Waals surface area contributed by atoms with Gasteiger partial charge in [0.2, 0.25) is 11.8 Å². The molecule has 2 amide bonds. The first-order valence-electron chi connectivity index (χ1n) is 9.84. The molecule has 2 aromatic carbocycles. The number of amides is 2. The van der Waals surface area contributed by atoms with Crippen molar-refractivity contribution < 1.29 is 14.0 Å². The largest absolute Gasteiger partial charge is 0.441 e. The molecular weight excluding hydrogens is 437 g/mol. The normalized spacial score (nSPS) is 10.9. The highest BCUT2D eigenvalue weighted by Gasteiger charge is 2.13. The average Bonchev–Trinajstić information content (AvgIpc) is 3.17. The van der Waals surface area contributed by atoms with E-state index in [0.717, 1.165) is 5.56 Å². The molecule has 0 atom stereocenters. The van der Waals surface area contributed by atoms with Crippen molar-refractivity contribution in [1.29, 1.82) is 0 Å². The number of hydrogen-bond acceptors (Lipinski definition) is 4. The Morgan fingerprint density at radius 1 is 1.10 bits per heavy atom. The molecule has 162 valence electrons. The van der Waals surface area contributed by atoms with Gasteiger partial charge in [0.25, 0.3) is 0 Å². The van der Waals surface area contributed by atoms with Gasteiger partial charge in [-0.25, -0.2) is 4.98 Å². The molecule has 0 spiro atoms. The summed E-state index contributed by atoms with van der Waals surface area (Å²) in [6, 6.07) is 10.5. The smallest absolute Gasteiger partial charge is 0.226 e. The summed E-state index contributed by atoms with van der Waals surface area (Å²) in [7, 11) is 0. The molecule has 0 aliphatic heterocycles. The summed E-state index contributed by atoms with van der Waals surface area (Å²) in [5.74, 6) is 0.557. The van der Waals surface area contributed by atoms with Crippen LogP contribution in [-0.4, -0.2) is 16.8 Å². The van der Waals surface area contributed by atoms with E-state index in [-0.39, 0.29) is 24.2 Å². The van der Waals surface area contributed by atoms with Crippen LogP contribution in [-0.2, 0) is 16.0 Å². The molecule has 0 saturated heterocycles. The lowest BCUT2D eigenvalue weighted by atomic mass is 10.1. The van der Waals surface area contributed by atoms with Crippen molar-refractivity contribution in [1.82, 2.24) is 4.98 Å². The number of nitrogens with zero attached hydrogens (tertiary/aromatic N) is 1. The lowest BCUT2D eigenvalue weighted by Crippen LogP contribution is -2.18. The Kier molecular flexibility index (Phi) is 7.36. The maximum atomic E-state index is 12.4. The van der Waals surface area contributed by atoms with Gasteiger partial charge in [0.15, 0.2) is 11.7 Å². The molecule has 3 rings (SSSR count). The Morgan fingerprint density at radius 3 is 2.58 bits per heavy atom. The van der Waals surface area contributed by atoms with Crippen LogP contribution < -0.4 is 10.6 Å². The van der Waals surface area contributed by atoms with Crippen molar-refractivity contribution in [2.45, 2.75) is 33.6 Å². The number of anilines is 2. The number of aryl methyl sites for hydroxylation is 2. The van der Waals surface area contributed by atoms with Gasteiger partial charge < -0.3 is 15.1 Å². The van der Waals surface area contributed by atoms with Crippen LogP contribution in [0.4, 0.5) is 11.4 Å². The van der Waals surface area contributed by atoms with E-state index in [9.17, 15) is 9.59 Å². The van der Waals surface area contributed by atoms with Gasteiger partial charge in [0.05, 0.1) is 11.2 Å². The molecule has 0 aliphatic rings. The van der Waals surface area contributed by atoms with Gasteiger partial charge in [-0.2, -0.15) is 0 Å². The van der Waals surface area contributed by atoms with E-state index in [2.05, 4.69) is 15.6 Å². The summed E-state index contributed by atoms with van der Waals surface area (Å²) >= 11 is 12.1. The van der Waals surface area contributed by atoms with Crippen LogP contribution in [0.3, 0.4) is 0 Å². The Hall–Kier alpha value is -2.83. The van der Waals surface area contributed by atoms with Crippen LogP contribution in [0.5, 0.6) is 0 Å². The van der Waals surface area contributed by atoms with Gasteiger partial charge in [-0.1, -0.05) is 43.1 Å². The molecule has 31 heavy (non-hydrogen) atoms. The number of benzene rings is 2. The zero-order valence-corrected chi connectivity index (χ0v) is 19.0. The summed E-state index contributed by atoms with van der Waals surface area (Å²) in [4.78, 5) is 28.6. The predicted octanol–water partition coefficient (Wildman–Crippen LogP) is 6.12. The number of rotatable bonds is 7. The van der Waals surface area contributed by atoms with Gasteiger partial charge in [-0.05, 0) is 42.8 Å². The summed E-state index contributed by atoms with van der Waals surface area (Å²) in [6.07, 6.45) is 2.10. The molecule has 6 nitrogen and oxygen atoms in total. The molecule has 2 N–H and O–H groups in total. The second-order valence-corrected chi connectivity index (χ2v) is 8.31. The van der Waals surface area contributed by atoms with Gasteiger partial charge in [0, 0.05) is 40.7 Å². The summed E-state index contributed by atoms with van der Waals surface area (Å²) in [6.45, 7) is 5.53. The second kappa shape index (κ2) is 9.98. The molecule has 1 heterocycles. The van der Waals surface area contributed by atoms with Crippen molar-refractivity contribution >= 4 is 46.4 Å². The van der Waals surface area contributed by atoms with Crippen LogP contribution in [0.15, 0.2) is 47.0 Å². The zero-order chi connectivity index (χ0) is 22.5. The topological polar surface area (TPSA) is 84.2 Å². The van der Waals surface area contributed by atoms with E-state index in [1.54, 1.807) is 30.5 Å². The SMILES string of the molecule is Cc1ccc(NC(=O)C(C)C)cc1NC(=O)CCc1ncc(-c2ccc(Cl)cc2Cl)o1. The van der Waals surface area contributed by atoms with E-state index >= 15 is 0 Å². The maximum Gasteiger partial charge on any atom is 0.226 e. The molecule has 0 aliphatic carbocycles. The molecule has 0 saturated carbocycles. The third kappa shape index (κ3) is 6.09. The summed E-state index contributed by atoms with van der Waals surface area (Å²) in [5.41, 5.74) is 2.86. The van der Waals surface area contributed by atoms with Crippen LogP contribution in [0, 0.1) is 12.8 Å². The maximum absolute atomic E-state index is 12.4. The van der Waals surface area contributed by atoms with Gasteiger partial charge in [0.1, 0.15) is 0 Å². The fourth-order valence-electron chi connectivity index (χ4n) is 2.79. The minimum Gasteiger partial charge on any atom is -0.441 e. The van der Waals surface area contributed by atoms with E-state index in [0.29, 0.717) is 45.1 Å². The molecule has 3 aromatic rings. The fourth-order valence-corrected chi connectivity index (χ4v) is 3.30. The highest BCUT2D eigenvalue weighted by Crippen LogP contribution is 2.31. The monoisotopic (exact) mass is 459 g/mol. The van der Waals surface area contributed by atoms with Gasteiger partial charge >= 0.3 is 0 Å². The van der Waals surface area contributed by atoms with E-state index in [4.69, 9.17) is 27.6 Å². The minimum absolute atomic E-state index is 0.0818. The summed E-state index contributed by atoms with van der Waals surface area (Å²) < 4.78 is 5.73. The van der Waals surface area contributed by atoms with Gasteiger partial charge in [-0.15, -0.1) is 0 Å². The number of aromatic nitrogens is 1. The minimum atomic E-state index is -0.181.